The molecule has 3 N–H and O–H groups in total. The summed E-state index contributed by atoms with van der Waals surface area (Å²) in [6.07, 6.45) is 7.36. The van der Waals surface area contributed by atoms with E-state index in [1.807, 2.05) is 13.8 Å². The Hall–Kier alpha value is -2.36. The first kappa shape index (κ1) is 25.9. The molecule has 1 spiro atoms. The largest absolute Gasteiger partial charge is 0.483 e. The predicted molar refractivity (Wildman–Crippen MR) is 120 cm³/mol. The molecule has 2 fully saturated rings. The summed E-state index contributed by atoms with van der Waals surface area (Å²) in [7, 11) is 0. The van der Waals surface area contributed by atoms with Gasteiger partial charge in [0.1, 0.15) is 11.9 Å². The van der Waals surface area contributed by atoms with Crippen LogP contribution in [0, 0.1) is 0 Å². The van der Waals surface area contributed by atoms with E-state index in [-0.39, 0.29) is 12.4 Å². The fourth-order valence-corrected chi connectivity index (χ4v) is 4.22. The summed E-state index contributed by atoms with van der Waals surface area (Å²) < 4.78 is 6.14. The van der Waals surface area contributed by atoms with Gasteiger partial charge < -0.3 is 20.3 Å². The number of aromatic nitrogens is 2. The van der Waals surface area contributed by atoms with E-state index in [0.717, 1.165) is 38.9 Å². The summed E-state index contributed by atoms with van der Waals surface area (Å²) in [4.78, 5) is 31.9. The number of allylic oxidation sites excluding steroid dienone is 1. The molecule has 0 aromatic carbocycles. The van der Waals surface area contributed by atoms with Crippen molar-refractivity contribution in [1.29, 1.82) is 0 Å². The number of hydrogen-bond acceptors (Lipinski definition) is 7. The highest BCUT2D eigenvalue weighted by Gasteiger charge is 2.53. The molecular formula is C23H36N4O5. The number of likely N-dealkylation sites (tertiary alicyclic amines) is 1. The number of aliphatic hydroxyl groups excluding tert-OH is 1. The van der Waals surface area contributed by atoms with Gasteiger partial charge in [0.2, 0.25) is 0 Å². The molecular weight excluding hydrogens is 412 g/mol. The number of carbonyl (C=O) groups is 2. The number of aryl methyl sites for hydroxylation is 1. The van der Waals surface area contributed by atoms with Gasteiger partial charge in [0.05, 0.1) is 16.7 Å². The zero-order valence-electron chi connectivity index (χ0n) is 19.5. The monoisotopic (exact) mass is 448 g/mol. The minimum Gasteiger partial charge on any atom is -0.483 e. The summed E-state index contributed by atoms with van der Waals surface area (Å²) >= 11 is 0. The third kappa shape index (κ3) is 6.34. The van der Waals surface area contributed by atoms with Crippen LogP contribution in [0.25, 0.3) is 0 Å². The van der Waals surface area contributed by atoms with Gasteiger partial charge in [0.25, 0.3) is 12.4 Å². The second-order valence-electron chi connectivity index (χ2n) is 8.87. The lowest BCUT2D eigenvalue weighted by molar-refractivity contribution is -0.205. The molecule has 2 saturated heterocycles. The van der Waals surface area contributed by atoms with Crippen molar-refractivity contribution in [1.82, 2.24) is 20.2 Å². The van der Waals surface area contributed by atoms with Gasteiger partial charge in [0, 0.05) is 45.1 Å². The Morgan fingerprint density at radius 1 is 1.28 bits per heavy atom. The molecule has 32 heavy (non-hydrogen) atoms. The minimum absolute atomic E-state index is 0.250. The molecule has 3 rings (SSSR count). The smallest absolute Gasteiger partial charge is 0.290 e. The first-order valence-corrected chi connectivity index (χ1v) is 11.1. The molecule has 1 amide bonds. The molecule has 2 atom stereocenters. The Labute approximate surface area is 189 Å². The fourth-order valence-electron chi connectivity index (χ4n) is 4.22. The first-order valence-electron chi connectivity index (χ1n) is 11.1. The number of nitrogens with zero attached hydrogens (tertiary/aromatic N) is 3. The molecule has 9 nitrogen and oxygen atoms in total. The molecule has 178 valence electrons. The molecule has 2 aliphatic rings. The van der Waals surface area contributed by atoms with Gasteiger partial charge in [-0.25, -0.2) is 9.97 Å². The van der Waals surface area contributed by atoms with E-state index in [2.05, 4.69) is 40.1 Å². The van der Waals surface area contributed by atoms with Crippen molar-refractivity contribution < 1.29 is 24.5 Å². The van der Waals surface area contributed by atoms with E-state index < -0.39 is 17.2 Å². The molecule has 0 radical (unpaired) electrons. The van der Waals surface area contributed by atoms with Crippen LogP contribution >= 0.6 is 0 Å². The van der Waals surface area contributed by atoms with E-state index in [9.17, 15) is 9.90 Å². The van der Waals surface area contributed by atoms with Crippen molar-refractivity contribution in [3.63, 3.8) is 0 Å². The maximum Gasteiger partial charge on any atom is 0.290 e. The Morgan fingerprint density at radius 2 is 1.88 bits per heavy atom. The lowest BCUT2D eigenvalue weighted by atomic mass is 9.73. The molecule has 0 bridgehead atoms. The van der Waals surface area contributed by atoms with E-state index >= 15 is 0 Å². The number of ether oxygens (including phenoxy) is 1. The Kier molecular flexibility index (Phi) is 9.30. The Morgan fingerprint density at radius 3 is 2.41 bits per heavy atom. The Bertz CT molecular complexity index is 786. The van der Waals surface area contributed by atoms with Crippen LogP contribution in [0.1, 0.15) is 63.1 Å². The van der Waals surface area contributed by atoms with E-state index in [1.165, 1.54) is 5.57 Å². The predicted octanol–water partition coefficient (Wildman–Crippen LogP) is 1.81. The van der Waals surface area contributed by atoms with E-state index in [1.54, 1.807) is 12.4 Å². The molecule has 0 unspecified atom stereocenters. The minimum atomic E-state index is -0.769. The van der Waals surface area contributed by atoms with Crippen LogP contribution in [0.3, 0.4) is 0 Å². The van der Waals surface area contributed by atoms with Crippen molar-refractivity contribution in [2.45, 2.75) is 70.6 Å². The summed E-state index contributed by atoms with van der Waals surface area (Å²) in [5.41, 5.74) is 0.365. The Balaban J connectivity index is 0.00000114. The van der Waals surface area contributed by atoms with E-state index in [4.69, 9.17) is 14.6 Å². The topological polar surface area (TPSA) is 125 Å². The molecule has 0 saturated carbocycles. The van der Waals surface area contributed by atoms with Crippen LogP contribution in [0.2, 0.25) is 0 Å². The summed E-state index contributed by atoms with van der Waals surface area (Å²) in [5, 5.41) is 21.2. The highest BCUT2D eigenvalue weighted by atomic mass is 16.5. The van der Waals surface area contributed by atoms with Crippen molar-refractivity contribution in [3.05, 3.63) is 35.4 Å². The van der Waals surface area contributed by atoms with Gasteiger partial charge >= 0.3 is 0 Å². The second-order valence-corrected chi connectivity index (χ2v) is 8.87. The number of aliphatic hydroxyl groups is 1. The molecule has 1 aromatic heterocycles. The number of rotatable bonds is 5. The number of nitrogens with one attached hydrogen (secondary N) is 1. The SMILES string of the molecule is CCc1ncc(C(=O)N[C@@]2(C)CCOC3(CCN(CC=C(C)C)CC3)[C@@H]2O)cn1.O=CO. The average Bonchev–Trinajstić information content (AvgIpc) is 2.77. The molecule has 0 aliphatic carbocycles. The van der Waals surface area contributed by atoms with Gasteiger partial charge in [-0.1, -0.05) is 18.6 Å². The van der Waals surface area contributed by atoms with Crippen molar-refractivity contribution in [2.75, 3.05) is 26.2 Å². The van der Waals surface area contributed by atoms with Gasteiger partial charge in [-0.3, -0.25) is 14.5 Å². The number of carbonyl (C=O) groups excluding carboxylic acids is 1. The van der Waals surface area contributed by atoms with Gasteiger partial charge in [-0.2, -0.15) is 0 Å². The molecule has 1 aromatic rings. The fraction of sp³-hybridized carbons (Fsp3) is 0.652. The zero-order valence-corrected chi connectivity index (χ0v) is 19.5. The van der Waals surface area contributed by atoms with E-state index in [0.29, 0.717) is 24.4 Å². The number of hydrogen-bond donors (Lipinski definition) is 3. The van der Waals surface area contributed by atoms with Gasteiger partial charge in [0.15, 0.2) is 0 Å². The summed E-state index contributed by atoms with van der Waals surface area (Å²) in [6.45, 7) is 11.0. The molecule has 3 heterocycles. The van der Waals surface area contributed by atoms with Crippen LogP contribution in [-0.2, 0) is 16.0 Å². The lowest BCUT2D eigenvalue weighted by Crippen LogP contribution is -2.69. The van der Waals surface area contributed by atoms with Gasteiger partial charge in [-0.05, 0) is 40.0 Å². The maximum absolute atomic E-state index is 12.8. The first-order chi connectivity index (χ1) is 15.2. The highest BCUT2D eigenvalue weighted by Crippen LogP contribution is 2.40. The number of amides is 1. The third-order valence-corrected chi connectivity index (χ3v) is 6.26. The van der Waals surface area contributed by atoms with Crippen LogP contribution in [0.5, 0.6) is 0 Å². The van der Waals surface area contributed by atoms with Crippen LogP contribution in [0.15, 0.2) is 24.0 Å². The number of piperidine rings is 1. The van der Waals surface area contributed by atoms with Crippen LogP contribution in [-0.4, -0.2) is 80.9 Å². The quantitative estimate of drug-likeness (QED) is 0.460. The summed E-state index contributed by atoms with van der Waals surface area (Å²) in [6, 6.07) is 0. The lowest BCUT2D eigenvalue weighted by Gasteiger charge is -2.53. The molecule has 2 aliphatic heterocycles. The zero-order chi connectivity index (χ0) is 23.8. The average molecular weight is 449 g/mol. The normalized spacial score (nSPS) is 24.7. The highest BCUT2D eigenvalue weighted by molar-refractivity contribution is 5.94. The standard InChI is InChI=1S/C22H34N4O3.CH2O2/c1-5-18-23-14-17(15-24-18)19(27)25-21(4)9-13-29-22(20(21)28)7-11-26(12-8-22)10-6-16(2)3;2-1-3/h6,14-15,20,28H,5,7-13H2,1-4H3,(H,25,27);1H,(H,2,3)/t20-,21+;/m1./s1. The van der Waals surface area contributed by atoms with Crippen LogP contribution < -0.4 is 5.32 Å². The molecule has 9 heteroatoms. The second kappa shape index (κ2) is 11.5. The number of carboxylic acid groups (broad SMARTS) is 1. The van der Waals surface area contributed by atoms with Crippen molar-refractivity contribution in [2.24, 2.45) is 0 Å². The third-order valence-electron chi connectivity index (χ3n) is 6.26. The van der Waals surface area contributed by atoms with Crippen LogP contribution in [0.4, 0.5) is 0 Å². The van der Waals surface area contributed by atoms with Crippen molar-refractivity contribution >= 4 is 12.4 Å². The van der Waals surface area contributed by atoms with Crippen molar-refractivity contribution in [3.8, 4) is 0 Å². The summed E-state index contributed by atoms with van der Waals surface area (Å²) in [5.74, 6) is 0.449. The maximum atomic E-state index is 12.8. The van der Waals surface area contributed by atoms with Gasteiger partial charge in [-0.15, -0.1) is 0 Å².